The van der Waals surface area contributed by atoms with E-state index in [2.05, 4.69) is 0 Å². The van der Waals surface area contributed by atoms with E-state index in [9.17, 15) is 20.2 Å². The number of nitro groups is 2. The number of nitro benzene ring substituents is 2. The molecule has 0 atom stereocenters. The second-order valence-electron chi connectivity index (χ2n) is 4.28. The van der Waals surface area contributed by atoms with E-state index in [1.54, 1.807) is 0 Å². The number of nitrogens with two attached hydrogens (primary N) is 1. The van der Waals surface area contributed by atoms with Crippen LogP contribution in [0.25, 0.3) is 0 Å². The smallest absolute Gasteiger partial charge is 0.276 e. The number of anilines is 1. The van der Waals surface area contributed by atoms with Crippen molar-refractivity contribution in [2.75, 3.05) is 5.73 Å². The van der Waals surface area contributed by atoms with Crippen LogP contribution >= 0.6 is 0 Å². The molecule has 0 aromatic heterocycles. The van der Waals surface area contributed by atoms with Crippen LogP contribution < -0.4 is 10.5 Å². The van der Waals surface area contributed by atoms with Gasteiger partial charge in [0.05, 0.1) is 21.5 Å². The molecule has 0 unspecified atom stereocenters. The maximum atomic E-state index is 10.9. The normalized spacial score (nSPS) is 10.1. The predicted octanol–water partition coefficient (Wildman–Crippen LogP) is 3.19. The van der Waals surface area contributed by atoms with Crippen LogP contribution in [0.15, 0.2) is 36.4 Å². The Bertz CT molecular complexity index is 730. The quantitative estimate of drug-likeness (QED) is 0.524. The van der Waals surface area contributed by atoms with Gasteiger partial charge in [0, 0.05) is 23.9 Å². The molecule has 108 valence electrons. The fourth-order valence-corrected chi connectivity index (χ4v) is 1.81. The number of hydrogen-bond acceptors (Lipinski definition) is 6. The molecule has 2 aromatic rings. The van der Waals surface area contributed by atoms with E-state index in [0.717, 1.165) is 0 Å². The van der Waals surface area contributed by atoms with Crippen LogP contribution in [0.3, 0.4) is 0 Å². The summed E-state index contributed by atoms with van der Waals surface area (Å²) in [6, 6.07) is 8.18. The lowest BCUT2D eigenvalue weighted by Crippen LogP contribution is -1.96. The van der Waals surface area contributed by atoms with E-state index >= 15 is 0 Å². The Labute approximate surface area is 119 Å². The van der Waals surface area contributed by atoms with E-state index in [-0.39, 0.29) is 28.6 Å². The third-order valence-electron chi connectivity index (χ3n) is 2.80. The Morgan fingerprint density at radius 3 is 2.43 bits per heavy atom. The lowest BCUT2D eigenvalue weighted by molar-refractivity contribution is -0.385. The van der Waals surface area contributed by atoms with Gasteiger partial charge in [-0.15, -0.1) is 0 Å². The molecule has 21 heavy (non-hydrogen) atoms. The summed E-state index contributed by atoms with van der Waals surface area (Å²) < 4.78 is 5.48. The highest BCUT2D eigenvalue weighted by molar-refractivity contribution is 5.56. The number of non-ortho nitro benzene ring substituents is 1. The topological polar surface area (TPSA) is 122 Å². The number of ether oxygens (including phenoxy) is 1. The number of nitrogens with zero attached hydrogens (tertiary/aromatic N) is 2. The van der Waals surface area contributed by atoms with Crippen molar-refractivity contribution in [2.45, 2.75) is 6.92 Å². The Morgan fingerprint density at radius 1 is 1.10 bits per heavy atom. The monoisotopic (exact) mass is 289 g/mol. The van der Waals surface area contributed by atoms with Gasteiger partial charge in [-0.05, 0) is 13.0 Å². The van der Waals surface area contributed by atoms with Gasteiger partial charge < -0.3 is 10.5 Å². The van der Waals surface area contributed by atoms with Crippen molar-refractivity contribution in [3.63, 3.8) is 0 Å². The number of nitrogen functional groups attached to an aromatic ring is 1. The van der Waals surface area contributed by atoms with Gasteiger partial charge >= 0.3 is 0 Å². The standard InChI is InChI=1S/C13H11N3O5/c1-8-12(16(19)20)3-2-4-13(8)21-11-6-9(14)5-10(7-11)15(17)18/h2-7H,14H2,1H3. The van der Waals surface area contributed by atoms with Crippen molar-refractivity contribution in [2.24, 2.45) is 0 Å². The average Bonchev–Trinajstić information content (AvgIpc) is 2.40. The summed E-state index contributed by atoms with van der Waals surface area (Å²) in [6.45, 7) is 1.54. The zero-order chi connectivity index (χ0) is 15.6. The molecule has 0 radical (unpaired) electrons. The van der Waals surface area contributed by atoms with Crippen LogP contribution in [-0.4, -0.2) is 9.85 Å². The molecule has 2 aromatic carbocycles. The van der Waals surface area contributed by atoms with Crippen molar-refractivity contribution in [1.82, 2.24) is 0 Å². The summed E-state index contributed by atoms with van der Waals surface area (Å²) >= 11 is 0. The first-order valence-corrected chi connectivity index (χ1v) is 5.85. The lowest BCUT2D eigenvalue weighted by atomic mass is 10.2. The van der Waals surface area contributed by atoms with Crippen molar-refractivity contribution in [3.8, 4) is 11.5 Å². The molecule has 0 aliphatic rings. The van der Waals surface area contributed by atoms with Gasteiger partial charge in [0.1, 0.15) is 11.5 Å². The van der Waals surface area contributed by atoms with Crippen LogP contribution in [0.5, 0.6) is 11.5 Å². The van der Waals surface area contributed by atoms with Crippen molar-refractivity contribution >= 4 is 17.1 Å². The number of rotatable bonds is 4. The highest BCUT2D eigenvalue weighted by atomic mass is 16.6. The minimum Gasteiger partial charge on any atom is -0.456 e. The van der Waals surface area contributed by atoms with E-state index in [0.29, 0.717) is 5.56 Å². The third-order valence-corrected chi connectivity index (χ3v) is 2.80. The van der Waals surface area contributed by atoms with Crippen LogP contribution in [0, 0.1) is 27.2 Å². The minimum absolute atomic E-state index is 0.0918. The molecular weight excluding hydrogens is 278 g/mol. The maximum Gasteiger partial charge on any atom is 0.276 e. The molecule has 0 saturated carbocycles. The lowest BCUT2D eigenvalue weighted by Gasteiger charge is -2.09. The van der Waals surface area contributed by atoms with Gasteiger partial charge in [-0.25, -0.2) is 0 Å². The molecule has 0 aliphatic heterocycles. The minimum atomic E-state index is -0.594. The molecule has 0 amide bonds. The van der Waals surface area contributed by atoms with Gasteiger partial charge in [0.2, 0.25) is 0 Å². The average molecular weight is 289 g/mol. The predicted molar refractivity (Wildman–Crippen MR) is 75.4 cm³/mol. The van der Waals surface area contributed by atoms with Crippen molar-refractivity contribution in [1.29, 1.82) is 0 Å². The van der Waals surface area contributed by atoms with Gasteiger partial charge in [0.15, 0.2) is 0 Å². The summed E-state index contributed by atoms with van der Waals surface area (Å²) in [4.78, 5) is 20.5. The molecule has 0 spiro atoms. The molecule has 0 heterocycles. The van der Waals surface area contributed by atoms with Gasteiger partial charge in [-0.3, -0.25) is 20.2 Å². The van der Waals surface area contributed by atoms with E-state index in [1.165, 1.54) is 43.3 Å². The molecule has 0 aliphatic carbocycles. The van der Waals surface area contributed by atoms with Crippen LogP contribution in [-0.2, 0) is 0 Å². The Morgan fingerprint density at radius 2 is 1.81 bits per heavy atom. The Hall–Kier alpha value is -3.16. The fourth-order valence-electron chi connectivity index (χ4n) is 1.81. The van der Waals surface area contributed by atoms with E-state index in [4.69, 9.17) is 10.5 Å². The molecule has 8 heteroatoms. The van der Waals surface area contributed by atoms with Gasteiger partial charge in [-0.2, -0.15) is 0 Å². The summed E-state index contributed by atoms with van der Waals surface area (Å²) in [6.07, 6.45) is 0. The number of hydrogen-bond donors (Lipinski definition) is 1. The first kappa shape index (κ1) is 14.3. The fraction of sp³-hybridized carbons (Fsp3) is 0.0769. The summed E-state index contributed by atoms with van der Waals surface area (Å²) in [5.41, 5.74) is 5.76. The zero-order valence-corrected chi connectivity index (χ0v) is 11.0. The highest BCUT2D eigenvalue weighted by Crippen LogP contribution is 2.33. The molecular formula is C13H11N3O5. The van der Waals surface area contributed by atoms with Gasteiger partial charge in [-0.1, -0.05) is 6.07 Å². The zero-order valence-electron chi connectivity index (χ0n) is 11.0. The first-order chi connectivity index (χ1) is 9.88. The van der Waals surface area contributed by atoms with Crippen LogP contribution in [0.1, 0.15) is 5.56 Å². The summed E-state index contributed by atoms with van der Waals surface area (Å²) in [5, 5.41) is 21.6. The number of benzene rings is 2. The summed E-state index contributed by atoms with van der Waals surface area (Å²) in [5.74, 6) is 0.384. The molecule has 0 fully saturated rings. The van der Waals surface area contributed by atoms with Crippen LogP contribution in [0.2, 0.25) is 0 Å². The van der Waals surface area contributed by atoms with Crippen LogP contribution in [0.4, 0.5) is 17.1 Å². The molecule has 2 rings (SSSR count). The van der Waals surface area contributed by atoms with Gasteiger partial charge in [0.25, 0.3) is 11.4 Å². The van der Waals surface area contributed by atoms with Crippen molar-refractivity contribution in [3.05, 3.63) is 62.2 Å². The Balaban J connectivity index is 2.41. The second-order valence-corrected chi connectivity index (χ2v) is 4.28. The SMILES string of the molecule is Cc1c(Oc2cc(N)cc([N+](=O)[O-])c2)cccc1[N+](=O)[O-]. The first-order valence-electron chi connectivity index (χ1n) is 5.85. The van der Waals surface area contributed by atoms with E-state index in [1.807, 2.05) is 0 Å². The Kier molecular flexibility index (Phi) is 3.70. The molecule has 0 bridgehead atoms. The maximum absolute atomic E-state index is 10.9. The molecule has 2 N–H and O–H groups in total. The summed E-state index contributed by atoms with van der Waals surface area (Å²) in [7, 11) is 0. The second kappa shape index (κ2) is 5.45. The van der Waals surface area contributed by atoms with E-state index < -0.39 is 9.85 Å². The molecule has 0 saturated heterocycles. The highest BCUT2D eigenvalue weighted by Gasteiger charge is 2.16. The molecule has 8 nitrogen and oxygen atoms in total. The largest absolute Gasteiger partial charge is 0.456 e. The van der Waals surface area contributed by atoms with Crippen molar-refractivity contribution < 1.29 is 14.6 Å². The third kappa shape index (κ3) is 3.06.